The van der Waals surface area contributed by atoms with Crippen LogP contribution < -0.4 is 10.5 Å². The van der Waals surface area contributed by atoms with Crippen molar-refractivity contribution in [2.75, 3.05) is 16.2 Å². The smallest absolute Gasteiger partial charge is 0.233 e. The predicted octanol–water partition coefficient (Wildman–Crippen LogP) is 2.39. The zero-order valence-corrected chi connectivity index (χ0v) is 11.5. The van der Waals surface area contributed by atoms with Crippen molar-refractivity contribution in [3.63, 3.8) is 0 Å². The molecule has 0 spiro atoms. The number of hydrogen-bond donors (Lipinski definition) is 2. The van der Waals surface area contributed by atoms with Gasteiger partial charge in [-0.05, 0) is 30.2 Å². The van der Waals surface area contributed by atoms with Gasteiger partial charge in [-0.2, -0.15) is 0 Å². The van der Waals surface area contributed by atoms with E-state index < -0.39 is 15.8 Å². The Balaban J connectivity index is 2.04. The minimum Gasteiger partial charge on any atom is -0.399 e. The number of aryl methyl sites for hydroxylation is 1. The Bertz CT molecular complexity index is 688. The van der Waals surface area contributed by atoms with Crippen LogP contribution >= 0.6 is 0 Å². The van der Waals surface area contributed by atoms with E-state index in [-0.39, 0.29) is 17.1 Å². The average Bonchev–Trinajstić information content (AvgIpc) is 2.41. The molecule has 2 aromatic carbocycles. The molecule has 0 aliphatic rings. The van der Waals surface area contributed by atoms with Crippen molar-refractivity contribution >= 4 is 21.4 Å². The minimum absolute atomic E-state index is 0.0905. The average molecular weight is 294 g/mol. The molecule has 0 amide bonds. The van der Waals surface area contributed by atoms with Crippen molar-refractivity contribution in [2.45, 2.75) is 6.42 Å². The van der Waals surface area contributed by atoms with Crippen LogP contribution in [0.4, 0.5) is 15.8 Å². The molecule has 3 N–H and O–H groups in total. The van der Waals surface area contributed by atoms with Crippen molar-refractivity contribution in [1.82, 2.24) is 0 Å². The number of hydrogen-bond acceptors (Lipinski definition) is 3. The van der Waals surface area contributed by atoms with Gasteiger partial charge < -0.3 is 5.73 Å². The van der Waals surface area contributed by atoms with Gasteiger partial charge in [0.1, 0.15) is 5.82 Å². The summed E-state index contributed by atoms with van der Waals surface area (Å²) in [6.45, 7) is 0. The summed E-state index contributed by atoms with van der Waals surface area (Å²) < 4.78 is 39.6. The van der Waals surface area contributed by atoms with Crippen LogP contribution in [0.15, 0.2) is 48.5 Å². The number of sulfonamides is 1. The maximum Gasteiger partial charge on any atom is 0.233 e. The van der Waals surface area contributed by atoms with E-state index in [1.54, 1.807) is 0 Å². The zero-order chi connectivity index (χ0) is 14.6. The maximum absolute atomic E-state index is 13.5. The quantitative estimate of drug-likeness (QED) is 0.832. The second-order valence-electron chi connectivity index (χ2n) is 4.40. The molecule has 0 aromatic heterocycles. The van der Waals surface area contributed by atoms with Crippen LogP contribution in [0.1, 0.15) is 5.56 Å². The standard InChI is InChI=1S/C14H15FN2O2S/c15-13-10-12(16)6-7-14(13)17-20(18,19)9-8-11-4-2-1-3-5-11/h1-7,10,17H,8-9,16H2. The van der Waals surface area contributed by atoms with E-state index in [0.29, 0.717) is 6.42 Å². The second kappa shape index (κ2) is 5.92. The van der Waals surface area contributed by atoms with E-state index in [9.17, 15) is 12.8 Å². The summed E-state index contributed by atoms with van der Waals surface area (Å²) in [4.78, 5) is 0. The van der Waals surface area contributed by atoms with Crippen molar-refractivity contribution in [3.8, 4) is 0 Å². The summed E-state index contributed by atoms with van der Waals surface area (Å²) >= 11 is 0. The van der Waals surface area contributed by atoms with E-state index >= 15 is 0 Å². The van der Waals surface area contributed by atoms with E-state index in [1.165, 1.54) is 12.1 Å². The Morgan fingerprint density at radius 1 is 1.10 bits per heavy atom. The molecule has 4 nitrogen and oxygen atoms in total. The molecule has 20 heavy (non-hydrogen) atoms. The second-order valence-corrected chi connectivity index (χ2v) is 6.24. The topological polar surface area (TPSA) is 72.2 Å². The molecule has 0 atom stereocenters. The number of benzene rings is 2. The largest absolute Gasteiger partial charge is 0.399 e. The van der Waals surface area contributed by atoms with Gasteiger partial charge in [-0.3, -0.25) is 4.72 Å². The molecule has 0 fully saturated rings. The molecule has 0 unspecified atom stereocenters. The summed E-state index contributed by atoms with van der Waals surface area (Å²) in [7, 11) is -3.60. The van der Waals surface area contributed by atoms with Crippen LogP contribution in [-0.4, -0.2) is 14.2 Å². The Morgan fingerprint density at radius 2 is 1.80 bits per heavy atom. The van der Waals surface area contributed by atoms with Gasteiger partial charge in [0.05, 0.1) is 11.4 Å². The fourth-order valence-corrected chi connectivity index (χ4v) is 2.84. The normalized spacial score (nSPS) is 11.2. The Labute approximate surface area is 117 Å². The summed E-state index contributed by atoms with van der Waals surface area (Å²) in [5, 5.41) is 0. The highest BCUT2D eigenvalue weighted by Gasteiger charge is 2.13. The van der Waals surface area contributed by atoms with Gasteiger partial charge in [0.2, 0.25) is 10.0 Å². The number of nitrogens with two attached hydrogens (primary N) is 1. The summed E-state index contributed by atoms with van der Waals surface area (Å²) in [6, 6.07) is 13.1. The van der Waals surface area contributed by atoms with Crippen molar-refractivity contribution in [2.24, 2.45) is 0 Å². The molecule has 6 heteroatoms. The van der Waals surface area contributed by atoms with Gasteiger partial charge in [-0.15, -0.1) is 0 Å². The highest BCUT2D eigenvalue weighted by atomic mass is 32.2. The third-order valence-corrected chi connectivity index (χ3v) is 4.03. The first-order chi connectivity index (χ1) is 9.46. The van der Waals surface area contributed by atoms with Crippen LogP contribution in [0, 0.1) is 5.82 Å². The maximum atomic E-state index is 13.5. The molecule has 0 saturated carbocycles. The van der Waals surface area contributed by atoms with Crippen LogP contribution in [-0.2, 0) is 16.4 Å². The van der Waals surface area contributed by atoms with E-state index in [2.05, 4.69) is 4.72 Å². The lowest BCUT2D eigenvalue weighted by Gasteiger charge is -2.09. The molecular weight excluding hydrogens is 279 g/mol. The first-order valence-corrected chi connectivity index (χ1v) is 7.71. The van der Waals surface area contributed by atoms with Gasteiger partial charge in [-0.25, -0.2) is 12.8 Å². The molecule has 0 bridgehead atoms. The van der Waals surface area contributed by atoms with Crippen LogP contribution in [0.25, 0.3) is 0 Å². The minimum atomic E-state index is -3.60. The summed E-state index contributed by atoms with van der Waals surface area (Å²) in [6.07, 6.45) is 0.368. The molecular formula is C14H15FN2O2S. The Kier molecular flexibility index (Phi) is 4.24. The van der Waals surface area contributed by atoms with Gasteiger partial charge >= 0.3 is 0 Å². The van der Waals surface area contributed by atoms with Crippen LogP contribution in [0.5, 0.6) is 0 Å². The fourth-order valence-electron chi connectivity index (χ4n) is 1.73. The van der Waals surface area contributed by atoms with E-state index in [0.717, 1.165) is 11.6 Å². The molecule has 0 aliphatic carbocycles. The Hall–Kier alpha value is -2.08. The van der Waals surface area contributed by atoms with Crippen molar-refractivity contribution in [1.29, 1.82) is 0 Å². The highest BCUT2D eigenvalue weighted by Crippen LogP contribution is 2.18. The molecule has 106 valence electrons. The van der Waals surface area contributed by atoms with E-state index in [1.807, 2.05) is 30.3 Å². The lowest BCUT2D eigenvalue weighted by molar-refractivity contribution is 0.598. The molecule has 2 rings (SSSR count). The van der Waals surface area contributed by atoms with Crippen LogP contribution in [0.2, 0.25) is 0 Å². The number of rotatable bonds is 5. The van der Waals surface area contributed by atoms with Crippen molar-refractivity contribution < 1.29 is 12.8 Å². The first kappa shape index (κ1) is 14.3. The van der Waals surface area contributed by atoms with E-state index in [4.69, 9.17) is 5.73 Å². The van der Waals surface area contributed by atoms with Gasteiger partial charge in [0.25, 0.3) is 0 Å². The number of anilines is 2. The summed E-state index contributed by atoms with van der Waals surface area (Å²) in [5.41, 5.74) is 6.48. The molecule has 0 aliphatic heterocycles. The van der Waals surface area contributed by atoms with Gasteiger partial charge in [0, 0.05) is 5.69 Å². The number of nitrogen functional groups attached to an aromatic ring is 1. The van der Waals surface area contributed by atoms with Crippen LogP contribution in [0.3, 0.4) is 0 Å². The number of halogens is 1. The van der Waals surface area contributed by atoms with Gasteiger partial charge in [0.15, 0.2) is 0 Å². The predicted molar refractivity (Wildman–Crippen MR) is 78.4 cm³/mol. The fraction of sp³-hybridized carbons (Fsp3) is 0.143. The Morgan fingerprint density at radius 3 is 2.45 bits per heavy atom. The molecule has 0 radical (unpaired) electrons. The SMILES string of the molecule is Nc1ccc(NS(=O)(=O)CCc2ccccc2)c(F)c1. The van der Waals surface area contributed by atoms with Crippen molar-refractivity contribution in [3.05, 3.63) is 59.9 Å². The third-order valence-electron chi connectivity index (χ3n) is 2.76. The van der Waals surface area contributed by atoms with Gasteiger partial charge in [-0.1, -0.05) is 30.3 Å². The first-order valence-electron chi connectivity index (χ1n) is 6.06. The lowest BCUT2D eigenvalue weighted by Crippen LogP contribution is -2.19. The molecule has 0 saturated heterocycles. The summed E-state index contributed by atoms with van der Waals surface area (Å²) in [5.74, 6) is -0.797. The molecule has 2 aromatic rings. The number of nitrogens with one attached hydrogen (secondary N) is 1. The lowest BCUT2D eigenvalue weighted by atomic mass is 10.2. The zero-order valence-electron chi connectivity index (χ0n) is 10.7. The highest BCUT2D eigenvalue weighted by molar-refractivity contribution is 7.92. The molecule has 0 heterocycles. The monoisotopic (exact) mass is 294 g/mol. The third kappa shape index (κ3) is 3.96.